The second-order valence-electron chi connectivity index (χ2n) is 8.00. The van der Waals surface area contributed by atoms with Crippen LogP contribution >= 0.6 is 0 Å². The molecule has 0 saturated carbocycles. The molecule has 0 aliphatic carbocycles. The molecule has 2 fully saturated rings. The Morgan fingerprint density at radius 1 is 0.962 bits per heavy atom. The molecule has 2 N–H and O–H groups in total. The third-order valence-corrected chi connectivity index (χ3v) is 4.63. The van der Waals surface area contributed by atoms with Gasteiger partial charge in [-0.3, -0.25) is 0 Å². The van der Waals surface area contributed by atoms with Crippen molar-refractivity contribution in [3.8, 4) is 11.8 Å². The van der Waals surface area contributed by atoms with Gasteiger partial charge in [-0.25, -0.2) is 0 Å². The maximum atomic E-state index is 10.7. The molecule has 0 bridgehead atoms. The predicted octanol–water partition coefficient (Wildman–Crippen LogP) is 2.35. The molecule has 5 atom stereocenters. The van der Waals surface area contributed by atoms with Crippen molar-refractivity contribution in [2.24, 2.45) is 0 Å². The van der Waals surface area contributed by atoms with Crippen molar-refractivity contribution >= 4 is 0 Å². The van der Waals surface area contributed by atoms with Gasteiger partial charge in [0.15, 0.2) is 11.6 Å². The molecule has 2 aliphatic heterocycles. The zero-order valence-corrected chi connectivity index (χ0v) is 16.7. The lowest BCUT2D eigenvalue weighted by Gasteiger charge is -2.28. The fourth-order valence-electron chi connectivity index (χ4n) is 3.32. The minimum Gasteiger partial charge on any atom is -0.389 e. The topological polar surface area (TPSA) is 77.4 Å². The Labute approximate surface area is 157 Å². The third-order valence-electron chi connectivity index (χ3n) is 4.63. The quantitative estimate of drug-likeness (QED) is 0.529. The molecule has 150 valence electrons. The van der Waals surface area contributed by atoms with Crippen LogP contribution in [0.15, 0.2) is 0 Å². The third kappa shape index (κ3) is 5.91. The van der Waals surface area contributed by atoms with Crippen LogP contribution in [0.3, 0.4) is 0 Å². The molecule has 2 saturated heterocycles. The fourth-order valence-corrected chi connectivity index (χ4v) is 3.32. The van der Waals surface area contributed by atoms with E-state index in [-0.39, 0.29) is 13.0 Å². The Balaban J connectivity index is 1.96. The van der Waals surface area contributed by atoms with Crippen LogP contribution in [0.25, 0.3) is 0 Å². The van der Waals surface area contributed by atoms with Gasteiger partial charge >= 0.3 is 0 Å². The van der Waals surface area contributed by atoms with E-state index in [1.54, 1.807) is 27.7 Å². The van der Waals surface area contributed by atoms with Crippen LogP contribution in [0.5, 0.6) is 0 Å². The van der Waals surface area contributed by atoms with E-state index in [4.69, 9.17) is 18.9 Å². The van der Waals surface area contributed by atoms with E-state index in [2.05, 4.69) is 18.8 Å². The van der Waals surface area contributed by atoms with Gasteiger partial charge in [0, 0.05) is 12.8 Å². The Hall–Kier alpha value is -0.680. The monoisotopic (exact) mass is 370 g/mol. The average molecular weight is 370 g/mol. The van der Waals surface area contributed by atoms with E-state index in [9.17, 15) is 10.2 Å². The van der Waals surface area contributed by atoms with E-state index < -0.39 is 42.1 Å². The first-order valence-corrected chi connectivity index (χ1v) is 9.64. The Morgan fingerprint density at radius 2 is 1.65 bits per heavy atom. The maximum Gasteiger partial charge on any atom is 0.164 e. The molecule has 0 spiro atoms. The number of hydrogen-bond donors (Lipinski definition) is 2. The minimum absolute atomic E-state index is 0.272. The van der Waals surface area contributed by atoms with Crippen LogP contribution < -0.4 is 0 Å². The number of aliphatic hydroxyl groups excluding tert-OH is 2. The van der Waals surface area contributed by atoms with Gasteiger partial charge in [0.05, 0.1) is 12.7 Å². The van der Waals surface area contributed by atoms with Gasteiger partial charge in [-0.05, 0) is 34.1 Å². The molecule has 2 heterocycles. The zero-order valence-electron chi connectivity index (χ0n) is 16.7. The van der Waals surface area contributed by atoms with Gasteiger partial charge in [0.1, 0.15) is 24.4 Å². The van der Waals surface area contributed by atoms with Gasteiger partial charge < -0.3 is 29.2 Å². The molecule has 0 amide bonds. The lowest BCUT2D eigenvalue weighted by molar-refractivity contribution is -0.179. The first kappa shape index (κ1) is 21.6. The minimum atomic E-state index is -0.962. The van der Waals surface area contributed by atoms with E-state index in [0.717, 1.165) is 19.3 Å². The highest BCUT2D eigenvalue weighted by molar-refractivity contribution is 5.04. The van der Waals surface area contributed by atoms with Crippen molar-refractivity contribution < 1.29 is 29.2 Å². The molecule has 26 heavy (non-hydrogen) atoms. The van der Waals surface area contributed by atoms with Crippen molar-refractivity contribution in [3.63, 3.8) is 0 Å². The molecule has 6 heteroatoms. The van der Waals surface area contributed by atoms with Gasteiger partial charge in [-0.1, -0.05) is 19.8 Å². The molecule has 0 radical (unpaired) electrons. The Bertz CT molecular complexity index is 506. The van der Waals surface area contributed by atoms with Gasteiger partial charge in [-0.2, -0.15) is 0 Å². The normalized spacial score (nSPS) is 32.0. The highest BCUT2D eigenvalue weighted by Crippen LogP contribution is 2.35. The summed E-state index contributed by atoms with van der Waals surface area (Å²) in [4.78, 5) is 0. The molecule has 6 nitrogen and oxygen atoms in total. The highest BCUT2D eigenvalue weighted by Gasteiger charge is 2.51. The van der Waals surface area contributed by atoms with Crippen LogP contribution in [0.1, 0.15) is 66.7 Å². The van der Waals surface area contributed by atoms with Crippen LogP contribution in [0.2, 0.25) is 0 Å². The first-order chi connectivity index (χ1) is 12.2. The average Bonchev–Trinajstić information content (AvgIpc) is 3.08. The summed E-state index contributed by atoms with van der Waals surface area (Å²) in [6, 6.07) is 0. The van der Waals surface area contributed by atoms with Crippen molar-refractivity contribution in [1.29, 1.82) is 0 Å². The fraction of sp³-hybridized carbons (Fsp3) is 0.900. The standard InChI is InChI=1S/C20H34O6/c1-6-7-8-9-10-11-12-14(21)17-18(26-20(4,5)25-17)16(22)15-13-23-19(2,3)24-15/h14-18,21-22H,6-9,12-13H2,1-5H3/t14-,15+,16+,17+,18-/m0/s1. The number of rotatable bonds is 7. The molecular weight excluding hydrogens is 336 g/mol. The van der Waals surface area contributed by atoms with Gasteiger partial charge in [0.25, 0.3) is 0 Å². The molecule has 0 unspecified atom stereocenters. The summed E-state index contributed by atoms with van der Waals surface area (Å²) in [5, 5.41) is 21.3. The molecule has 0 aromatic rings. The van der Waals surface area contributed by atoms with E-state index in [1.807, 2.05) is 0 Å². The SMILES string of the molecule is CCCCCC#CC[C@H](O)[C@H]1OC(C)(C)O[C@H]1[C@H](O)[C@H]1COC(C)(C)O1. The molecule has 2 aliphatic rings. The molecule has 0 aromatic heterocycles. The summed E-state index contributed by atoms with van der Waals surface area (Å²) in [5.74, 6) is 4.48. The van der Waals surface area contributed by atoms with Crippen molar-refractivity contribution in [3.05, 3.63) is 0 Å². The lowest BCUT2D eigenvalue weighted by Crippen LogP contribution is -2.48. The summed E-state index contributed by atoms with van der Waals surface area (Å²) >= 11 is 0. The van der Waals surface area contributed by atoms with Crippen molar-refractivity contribution in [1.82, 2.24) is 0 Å². The summed E-state index contributed by atoms with van der Waals surface area (Å²) in [7, 11) is 0. The Morgan fingerprint density at radius 3 is 2.27 bits per heavy atom. The van der Waals surface area contributed by atoms with Crippen LogP contribution in [0.4, 0.5) is 0 Å². The molecule has 2 rings (SSSR count). The van der Waals surface area contributed by atoms with Crippen molar-refractivity contribution in [2.45, 2.75) is 109 Å². The summed E-state index contributed by atoms with van der Waals surface area (Å²) in [5.41, 5.74) is 0. The number of ether oxygens (including phenoxy) is 4. The second-order valence-corrected chi connectivity index (χ2v) is 8.00. The van der Waals surface area contributed by atoms with Crippen LogP contribution in [-0.4, -0.2) is 58.9 Å². The summed E-state index contributed by atoms with van der Waals surface area (Å²) < 4.78 is 23.0. The smallest absolute Gasteiger partial charge is 0.164 e. The maximum absolute atomic E-state index is 10.7. The number of aliphatic hydroxyl groups is 2. The number of unbranched alkanes of at least 4 members (excludes halogenated alkanes) is 3. The summed E-state index contributed by atoms with van der Waals surface area (Å²) in [6.45, 7) is 9.57. The van der Waals surface area contributed by atoms with E-state index in [0.29, 0.717) is 0 Å². The van der Waals surface area contributed by atoms with Crippen LogP contribution in [-0.2, 0) is 18.9 Å². The predicted molar refractivity (Wildman–Crippen MR) is 97.3 cm³/mol. The summed E-state index contributed by atoms with van der Waals surface area (Å²) in [6.07, 6.45) is 0.820. The van der Waals surface area contributed by atoms with Crippen molar-refractivity contribution in [2.75, 3.05) is 6.61 Å². The zero-order chi connectivity index (χ0) is 19.4. The molecule has 0 aromatic carbocycles. The highest BCUT2D eigenvalue weighted by atomic mass is 16.8. The lowest BCUT2D eigenvalue weighted by atomic mass is 9.98. The van der Waals surface area contributed by atoms with E-state index >= 15 is 0 Å². The number of hydrogen-bond acceptors (Lipinski definition) is 6. The second kappa shape index (κ2) is 9.01. The first-order valence-electron chi connectivity index (χ1n) is 9.64. The van der Waals surface area contributed by atoms with Gasteiger partial charge in [0.2, 0.25) is 0 Å². The van der Waals surface area contributed by atoms with E-state index in [1.165, 1.54) is 6.42 Å². The Kier molecular flexibility index (Phi) is 7.49. The largest absolute Gasteiger partial charge is 0.389 e. The van der Waals surface area contributed by atoms with Gasteiger partial charge in [-0.15, -0.1) is 11.8 Å². The van der Waals surface area contributed by atoms with Crippen LogP contribution in [0, 0.1) is 11.8 Å². The molecular formula is C20H34O6.